The minimum absolute atomic E-state index is 0.0187. The van der Waals surface area contributed by atoms with Gasteiger partial charge in [0.15, 0.2) is 5.13 Å². The molecule has 0 aliphatic heterocycles. The summed E-state index contributed by atoms with van der Waals surface area (Å²) in [5, 5.41) is 7.54. The normalized spacial score (nSPS) is 10.7. The molecular formula is C12H12F2N4O3S. The van der Waals surface area contributed by atoms with Crippen LogP contribution in [-0.4, -0.2) is 33.2 Å². The fourth-order valence-electron chi connectivity index (χ4n) is 1.62. The number of thiazole rings is 1. The lowest BCUT2D eigenvalue weighted by Gasteiger charge is -2.05. The van der Waals surface area contributed by atoms with Crippen LogP contribution in [0.3, 0.4) is 0 Å². The lowest BCUT2D eigenvalue weighted by Crippen LogP contribution is -2.18. The minimum atomic E-state index is -2.91. The summed E-state index contributed by atoms with van der Waals surface area (Å²) >= 11 is 1.08. The molecule has 0 saturated carbocycles. The van der Waals surface area contributed by atoms with Crippen molar-refractivity contribution in [3.05, 3.63) is 29.0 Å². The number of esters is 1. The molecule has 0 fully saturated rings. The van der Waals surface area contributed by atoms with Crippen molar-refractivity contribution < 1.29 is 23.1 Å². The lowest BCUT2D eigenvalue weighted by molar-refractivity contribution is -0.142. The first kappa shape index (κ1) is 16.0. The number of hydrogen-bond donors (Lipinski definition) is 1. The molecule has 10 heteroatoms. The summed E-state index contributed by atoms with van der Waals surface area (Å²) in [5.41, 5.74) is 0.151. The molecule has 0 aliphatic carbocycles. The molecule has 2 rings (SSSR count). The Morgan fingerprint density at radius 3 is 2.95 bits per heavy atom. The van der Waals surface area contributed by atoms with Crippen molar-refractivity contribution in [3.8, 4) is 0 Å². The van der Waals surface area contributed by atoms with Crippen LogP contribution < -0.4 is 5.32 Å². The van der Waals surface area contributed by atoms with E-state index in [1.807, 2.05) is 0 Å². The number of amides is 1. The molecule has 0 aromatic carbocycles. The monoisotopic (exact) mass is 330 g/mol. The Kier molecular flexibility index (Phi) is 5.15. The van der Waals surface area contributed by atoms with Gasteiger partial charge in [-0.15, -0.1) is 11.3 Å². The van der Waals surface area contributed by atoms with Crippen LogP contribution in [0, 0.1) is 0 Å². The summed E-state index contributed by atoms with van der Waals surface area (Å²) < 4.78 is 30.4. The third kappa shape index (κ3) is 3.85. The highest BCUT2D eigenvalue weighted by atomic mass is 32.1. The third-order valence-corrected chi connectivity index (χ3v) is 3.30. The Morgan fingerprint density at radius 2 is 2.27 bits per heavy atom. The van der Waals surface area contributed by atoms with Gasteiger partial charge in [0.05, 0.1) is 18.7 Å². The van der Waals surface area contributed by atoms with E-state index in [0.29, 0.717) is 10.4 Å². The predicted molar refractivity (Wildman–Crippen MR) is 73.9 cm³/mol. The fourth-order valence-corrected chi connectivity index (χ4v) is 2.32. The molecule has 0 unspecified atom stereocenters. The van der Waals surface area contributed by atoms with E-state index in [-0.39, 0.29) is 23.9 Å². The average molecular weight is 330 g/mol. The van der Waals surface area contributed by atoms with Gasteiger partial charge in [-0.3, -0.25) is 14.9 Å². The maximum atomic E-state index is 12.6. The van der Waals surface area contributed by atoms with Gasteiger partial charge in [0, 0.05) is 11.6 Å². The summed E-state index contributed by atoms with van der Waals surface area (Å²) in [6.45, 7) is -0.951. The number of aromatic nitrogens is 3. The van der Waals surface area contributed by atoms with Gasteiger partial charge >= 0.3 is 12.5 Å². The number of nitrogens with one attached hydrogen (secondary N) is 1. The largest absolute Gasteiger partial charge is 0.466 e. The Morgan fingerprint density at radius 1 is 1.50 bits per heavy atom. The molecule has 22 heavy (non-hydrogen) atoms. The Labute approximate surface area is 127 Å². The van der Waals surface area contributed by atoms with E-state index in [4.69, 9.17) is 4.74 Å². The molecular weight excluding hydrogens is 318 g/mol. The van der Waals surface area contributed by atoms with Crippen LogP contribution in [0.5, 0.6) is 0 Å². The molecule has 2 aromatic rings. The number of alkyl halides is 2. The molecule has 2 aromatic heterocycles. The van der Waals surface area contributed by atoms with Gasteiger partial charge in [-0.1, -0.05) is 0 Å². The van der Waals surface area contributed by atoms with E-state index in [2.05, 4.69) is 15.4 Å². The number of carbonyl (C=O) groups excluding carboxylic acids is 2. The highest BCUT2D eigenvalue weighted by Crippen LogP contribution is 2.18. The average Bonchev–Trinajstić information content (AvgIpc) is 3.08. The van der Waals surface area contributed by atoms with Crippen molar-refractivity contribution >= 4 is 28.3 Å². The summed E-state index contributed by atoms with van der Waals surface area (Å²) in [4.78, 5) is 27.2. The zero-order valence-electron chi connectivity index (χ0n) is 11.5. The van der Waals surface area contributed by atoms with Gasteiger partial charge in [0.1, 0.15) is 5.69 Å². The summed E-state index contributed by atoms with van der Waals surface area (Å²) in [7, 11) is 0. The molecule has 0 bridgehead atoms. The second-order valence-corrected chi connectivity index (χ2v) is 4.88. The summed E-state index contributed by atoms with van der Waals surface area (Å²) in [6, 6.07) is 1.18. The Balaban J connectivity index is 2.02. The van der Waals surface area contributed by atoms with Crippen molar-refractivity contribution in [2.24, 2.45) is 0 Å². The summed E-state index contributed by atoms with van der Waals surface area (Å²) in [5.74, 6) is -1.18. The van der Waals surface area contributed by atoms with Crippen molar-refractivity contribution in [1.29, 1.82) is 0 Å². The SMILES string of the molecule is CCOC(=O)Cc1csc(NC(=O)c2ccnn2C(F)F)n1. The van der Waals surface area contributed by atoms with Gasteiger partial charge in [-0.2, -0.15) is 18.6 Å². The number of anilines is 1. The Bertz CT molecular complexity index is 671. The first-order valence-corrected chi connectivity index (χ1v) is 7.12. The molecule has 0 radical (unpaired) electrons. The Hall–Kier alpha value is -2.36. The number of halogens is 2. The minimum Gasteiger partial charge on any atom is -0.466 e. The number of carbonyl (C=O) groups is 2. The standard InChI is InChI=1S/C12H12F2N4O3S/c1-2-21-9(19)5-7-6-22-12(16-7)17-10(20)8-3-4-15-18(8)11(13)14/h3-4,6,11H,2,5H2,1H3,(H,16,17,20). The van der Waals surface area contributed by atoms with Crippen LogP contribution in [-0.2, 0) is 16.0 Å². The third-order valence-electron chi connectivity index (χ3n) is 2.49. The van der Waals surface area contributed by atoms with Crippen LogP contribution in [0.15, 0.2) is 17.6 Å². The zero-order valence-corrected chi connectivity index (χ0v) is 12.3. The van der Waals surface area contributed by atoms with Crippen molar-refractivity contribution in [2.45, 2.75) is 19.9 Å². The van der Waals surface area contributed by atoms with Gasteiger partial charge in [0.25, 0.3) is 5.91 Å². The molecule has 118 valence electrons. The van der Waals surface area contributed by atoms with E-state index in [1.54, 1.807) is 12.3 Å². The highest BCUT2D eigenvalue weighted by Gasteiger charge is 2.19. The van der Waals surface area contributed by atoms with Gasteiger partial charge in [0.2, 0.25) is 0 Å². The molecule has 1 amide bonds. The fraction of sp³-hybridized carbons (Fsp3) is 0.333. The van der Waals surface area contributed by atoms with E-state index in [1.165, 1.54) is 6.07 Å². The first-order chi connectivity index (χ1) is 10.5. The van der Waals surface area contributed by atoms with E-state index >= 15 is 0 Å². The molecule has 0 atom stereocenters. The second-order valence-electron chi connectivity index (χ2n) is 4.02. The maximum Gasteiger partial charge on any atom is 0.333 e. The molecule has 7 nitrogen and oxygen atoms in total. The van der Waals surface area contributed by atoms with Gasteiger partial charge in [-0.05, 0) is 13.0 Å². The number of nitrogens with zero attached hydrogens (tertiary/aromatic N) is 3. The van der Waals surface area contributed by atoms with Crippen molar-refractivity contribution in [1.82, 2.24) is 14.8 Å². The van der Waals surface area contributed by atoms with Crippen LogP contribution in [0.25, 0.3) is 0 Å². The lowest BCUT2D eigenvalue weighted by atomic mass is 10.3. The maximum absolute atomic E-state index is 12.6. The summed E-state index contributed by atoms with van der Waals surface area (Å²) in [6.07, 6.45) is 1.09. The molecule has 0 saturated heterocycles. The highest BCUT2D eigenvalue weighted by molar-refractivity contribution is 7.14. The molecule has 0 aliphatic rings. The van der Waals surface area contributed by atoms with Gasteiger partial charge < -0.3 is 4.74 Å². The van der Waals surface area contributed by atoms with Crippen LogP contribution in [0.1, 0.15) is 29.7 Å². The van der Waals surface area contributed by atoms with Crippen LogP contribution in [0.2, 0.25) is 0 Å². The number of rotatable bonds is 6. The van der Waals surface area contributed by atoms with Crippen LogP contribution >= 0.6 is 11.3 Å². The number of hydrogen-bond acceptors (Lipinski definition) is 6. The molecule has 2 heterocycles. The second kappa shape index (κ2) is 7.07. The number of ether oxygens (including phenoxy) is 1. The topological polar surface area (TPSA) is 86.1 Å². The van der Waals surface area contributed by atoms with Crippen molar-refractivity contribution in [3.63, 3.8) is 0 Å². The van der Waals surface area contributed by atoms with Gasteiger partial charge in [-0.25, -0.2) is 4.98 Å². The van der Waals surface area contributed by atoms with E-state index in [9.17, 15) is 18.4 Å². The predicted octanol–water partition coefficient (Wildman–Crippen LogP) is 2.09. The first-order valence-electron chi connectivity index (χ1n) is 6.24. The zero-order chi connectivity index (χ0) is 16.1. The molecule has 1 N–H and O–H groups in total. The van der Waals surface area contributed by atoms with E-state index < -0.39 is 18.4 Å². The quantitative estimate of drug-likeness (QED) is 0.820. The smallest absolute Gasteiger partial charge is 0.333 e. The van der Waals surface area contributed by atoms with Crippen molar-refractivity contribution in [2.75, 3.05) is 11.9 Å². The molecule has 0 spiro atoms. The van der Waals surface area contributed by atoms with Crippen LogP contribution in [0.4, 0.5) is 13.9 Å². The van der Waals surface area contributed by atoms with E-state index in [0.717, 1.165) is 17.5 Å².